The number of aromatic nitrogens is 2. The standard InChI is InChI=1S/C11H20N2O3/c1-5-13-8-9(7-12-13)6-11(2,14)10(15-3)16-4/h7-8,10,14H,5-6H2,1-4H3. The normalized spacial score (nSPS) is 15.4. The molecule has 16 heavy (non-hydrogen) atoms. The Hall–Kier alpha value is -0.910. The largest absolute Gasteiger partial charge is 0.385 e. The minimum absolute atomic E-state index is 0.444. The van der Waals surface area contributed by atoms with Crippen molar-refractivity contribution < 1.29 is 14.6 Å². The van der Waals surface area contributed by atoms with E-state index in [4.69, 9.17) is 9.47 Å². The van der Waals surface area contributed by atoms with Crippen molar-refractivity contribution in [2.45, 2.75) is 38.7 Å². The molecule has 0 bridgehead atoms. The van der Waals surface area contributed by atoms with Crippen molar-refractivity contribution in [3.05, 3.63) is 18.0 Å². The molecule has 1 N–H and O–H groups in total. The van der Waals surface area contributed by atoms with Crippen LogP contribution in [0.1, 0.15) is 19.4 Å². The Morgan fingerprint density at radius 2 is 2.12 bits per heavy atom. The van der Waals surface area contributed by atoms with Gasteiger partial charge in [-0.3, -0.25) is 4.68 Å². The molecule has 5 heteroatoms. The Morgan fingerprint density at radius 3 is 2.56 bits per heavy atom. The molecule has 1 heterocycles. The van der Waals surface area contributed by atoms with E-state index in [1.807, 2.05) is 17.8 Å². The monoisotopic (exact) mass is 228 g/mol. The Balaban J connectivity index is 2.70. The quantitative estimate of drug-likeness (QED) is 0.732. The summed E-state index contributed by atoms with van der Waals surface area (Å²) in [6, 6.07) is 0. The maximum atomic E-state index is 10.2. The minimum Gasteiger partial charge on any atom is -0.385 e. The molecule has 1 aromatic rings. The van der Waals surface area contributed by atoms with Gasteiger partial charge in [-0.05, 0) is 19.4 Å². The molecular formula is C11H20N2O3. The van der Waals surface area contributed by atoms with Gasteiger partial charge in [0.05, 0.1) is 6.20 Å². The van der Waals surface area contributed by atoms with Crippen LogP contribution in [0.15, 0.2) is 12.4 Å². The molecule has 0 aliphatic rings. The SMILES string of the molecule is CCn1cc(CC(C)(O)C(OC)OC)cn1. The van der Waals surface area contributed by atoms with Crippen molar-refractivity contribution in [1.29, 1.82) is 0 Å². The van der Waals surface area contributed by atoms with Crippen LogP contribution in [0.2, 0.25) is 0 Å². The fourth-order valence-corrected chi connectivity index (χ4v) is 1.77. The van der Waals surface area contributed by atoms with Crippen LogP contribution in [0.4, 0.5) is 0 Å². The van der Waals surface area contributed by atoms with Gasteiger partial charge in [0.15, 0.2) is 6.29 Å². The van der Waals surface area contributed by atoms with Gasteiger partial charge < -0.3 is 14.6 Å². The highest BCUT2D eigenvalue weighted by Gasteiger charge is 2.32. The summed E-state index contributed by atoms with van der Waals surface area (Å²) >= 11 is 0. The molecule has 0 spiro atoms. The summed E-state index contributed by atoms with van der Waals surface area (Å²) in [4.78, 5) is 0. The van der Waals surface area contributed by atoms with Crippen LogP contribution >= 0.6 is 0 Å². The van der Waals surface area contributed by atoms with Crippen LogP contribution in [-0.2, 0) is 22.4 Å². The molecule has 0 aromatic carbocycles. The van der Waals surface area contributed by atoms with Crippen molar-refractivity contribution in [1.82, 2.24) is 9.78 Å². The smallest absolute Gasteiger partial charge is 0.185 e. The van der Waals surface area contributed by atoms with Crippen LogP contribution in [0.25, 0.3) is 0 Å². The van der Waals surface area contributed by atoms with Crippen LogP contribution in [0.3, 0.4) is 0 Å². The predicted octanol–water partition coefficient (Wildman–Crippen LogP) is 0.815. The number of ether oxygens (including phenoxy) is 2. The third kappa shape index (κ3) is 3.04. The van der Waals surface area contributed by atoms with E-state index in [0.717, 1.165) is 12.1 Å². The summed E-state index contributed by atoms with van der Waals surface area (Å²) in [6.45, 7) is 4.52. The Morgan fingerprint density at radius 1 is 1.50 bits per heavy atom. The van der Waals surface area contributed by atoms with E-state index in [1.165, 1.54) is 14.2 Å². The van der Waals surface area contributed by atoms with E-state index in [0.29, 0.717) is 6.42 Å². The highest BCUT2D eigenvalue weighted by atomic mass is 16.7. The van der Waals surface area contributed by atoms with Crippen LogP contribution in [-0.4, -0.2) is 41.0 Å². The summed E-state index contributed by atoms with van der Waals surface area (Å²) in [6.07, 6.45) is 3.47. The molecule has 0 saturated carbocycles. The number of hydrogen-bond donors (Lipinski definition) is 1. The highest BCUT2D eigenvalue weighted by molar-refractivity contribution is 5.08. The first kappa shape index (κ1) is 13.2. The number of methoxy groups -OCH3 is 2. The van der Waals surface area contributed by atoms with E-state index in [2.05, 4.69) is 5.10 Å². The van der Waals surface area contributed by atoms with Crippen molar-refractivity contribution >= 4 is 0 Å². The van der Waals surface area contributed by atoms with Crippen molar-refractivity contribution in [2.24, 2.45) is 0 Å². The first-order valence-electron chi connectivity index (χ1n) is 5.32. The van der Waals surface area contributed by atoms with Gasteiger partial charge in [-0.2, -0.15) is 5.10 Å². The average molecular weight is 228 g/mol. The van der Waals surface area contributed by atoms with E-state index in [-0.39, 0.29) is 0 Å². The molecule has 92 valence electrons. The Kier molecular flexibility index (Phi) is 4.46. The summed E-state index contributed by atoms with van der Waals surface area (Å²) in [5.74, 6) is 0. The first-order valence-corrected chi connectivity index (χ1v) is 5.32. The molecule has 5 nitrogen and oxygen atoms in total. The summed E-state index contributed by atoms with van der Waals surface area (Å²) in [5.41, 5.74) is -0.101. The molecule has 1 atom stereocenters. The molecule has 0 aliphatic carbocycles. The van der Waals surface area contributed by atoms with Gasteiger partial charge in [0.2, 0.25) is 0 Å². The topological polar surface area (TPSA) is 56.5 Å². The maximum Gasteiger partial charge on any atom is 0.185 e. The van der Waals surface area contributed by atoms with E-state index in [9.17, 15) is 5.11 Å². The molecule has 0 fully saturated rings. The zero-order valence-corrected chi connectivity index (χ0v) is 10.3. The molecule has 0 amide bonds. The summed E-state index contributed by atoms with van der Waals surface area (Å²) in [5, 5.41) is 14.4. The minimum atomic E-state index is -1.06. The van der Waals surface area contributed by atoms with Crippen molar-refractivity contribution in [3.8, 4) is 0 Å². The Bertz CT molecular complexity index is 319. The van der Waals surface area contributed by atoms with Gasteiger partial charge in [-0.25, -0.2) is 0 Å². The van der Waals surface area contributed by atoms with E-state index < -0.39 is 11.9 Å². The van der Waals surface area contributed by atoms with Crippen LogP contribution in [0.5, 0.6) is 0 Å². The lowest BCUT2D eigenvalue weighted by atomic mass is 9.98. The maximum absolute atomic E-state index is 10.2. The van der Waals surface area contributed by atoms with Gasteiger partial charge >= 0.3 is 0 Å². The highest BCUT2D eigenvalue weighted by Crippen LogP contribution is 2.19. The Labute approximate surface area is 96.0 Å². The fraction of sp³-hybridized carbons (Fsp3) is 0.727. The third-order valence-electron chi connectivity index (χ3n) is 2.51. The molecular weight excluding hydrogens is 208 g/mol. The second-order valence-electron chi connectivity index (χ2n) is 4.04. The summed E-state index contributed by atoms with van der Waals surface area (Å²) in [7, 11) is 3.02. The first-order chi connectivity index (χ1) is 7.53. The lowest BCUT2D eigenvalue weighted by molar-refractivity contribution is -0.207. The molecule has 0 radical (unpaired) electrons. The molecule has 1 aromatic heterocycles. The van der Waals surface area contributed by atoms with Gasteiger partial charge in [-0.1, -0.05) is 0 Å². The van der Waals surface area contributed by atoms with E-state index in [1.54, 1.807) is 13.1 Å². The van der Waals surface area contributed by atoms with Gasteiger partial charge in [0.1, 0.15) is 5.60 Å². The third-order valence-corrected chi connectivity index (χ3v) is 2.51. The molecule has 0 saturated heterocycles. The van der Waals surface area contributed by atoms with E-state index >= 15 is 0 Å². The molecule has 1 unspecified atom stereocenters. The predicted molar refractivity (Wildman–Crippen MR) is 60.0 cm³/mol. The summed E-state index contributed by atoms with van der Waals surface area (Å²) < 4.78 is 12.0. The zero-order valence-electron chi connectivity index (χ0n) is 10.3. The number of aliphatic hydroxyl groups is 1. The second kappa shape index (κ2) is 5.43. The number of hydrogen-bond acceptors (Lipinski definition) is 4. The van der Waals surface area contributed by atoms with Crippen molar-refractivity contribution in [3.63, 3.8) is 0 Å². The number of nitrogens with zero attached hydrogens (tertiary/aromatic N) is 2. The van der Waals surface area contributed by atoms with Crippen LogP contribution < -0.4 is 0 Å². The lowest BCUT2D eigenvalue weighted by Crippen LogP contribution is -2.43. The average Bonchev–Trinajstić information content (AvgIpc) is 2.66. The zero-order chi connectivity index (χ0) is 12.2. The lowest BCUT2D eigenvalue weighted by Gasteiger charge is -2.30. The van der Waals surface area contributed by atoms with Gasteiger partial charge in [0.25, 0.3) is 0 Å². The second-order valence-corrected chi connectivity index (χ2v) is 4.04. The molecule has 1 rings (SSSR count). The fourth-order valence-electron chi connectivity index (χ4n) is 1.77. The van der Waals surface area contributed by atoms with Gasteiger partial charge in [-0.15, -0.1) is 0 Å². The van der Waals surface area contributed by atoms with Crippen LogP contribution in [0, 0.1) is 0 Å². The van der Waals surface area contributed by atoms with Crippen molar-refractivity contribution in [2.75, 3.05) is 14.2 Å². The van der Waals surface area contributed by atoms with Gasteiger partial charge in [0, 0.05) is 33.4 Å². The number of rotatable bonds is 6. The molecule has 0 aliphatic heterocycles. The number of aryl methyl sites for hydroxylation is 1.